The summed E-state index contributed by atoms with van der Waals surface area (Å²) in [5, 5.41) is 8.79. The minimum Gasteiger partial charge on any atom is -0.466 e. The van der Waals surface area contributed by atoms with E-state index in [4.69, 9.17) is 9.47 Å². The number of esters is 1. The van der Waals surface area contributed by atoms with Gasteiger partial charge in [-0.15, -0.1) is 5.10 Å². The third-order valence-electron chi connectivity index (χ3n) is 7.94. The lowest BCUT2D eigenvalue weighted by molar-refractivity contribution is -0.154. The summed E-state index contributed by atoms with van der Waals surface area (Å²) in [5.74, 6) is -1.12. The average molecular weight is 614 g/mol. The van der Waals surface area contributed by atoms with Gasteiger partial charge in [0, 0.05) is 17.7 Å². The van der Waals surface area contributed by atoms with Crippen LogP contribution in [0, 0.1) is 11.7 Å². The summed E-state index contributed by atoms with van der Waals surface area (Å²) in [5.41, 5.74) is 2.90. The number of halogens is 1. The number of hydrogen-bond donors (Lipinski definition) is 1. The molecule has 8 nitrogen and oxygen atoms in total. The van der Waals surface area contributed by atoms with Gasteiger partial charge in [-0.25, -0.2) is 9.40 Å². The Kier molecular flexibility index (Phi) is 9.96. The Morgan fingerprint density at radius 3 is 2.42 bits per heavy atom. The molecule has 1 unspecified atom stereocenters. The summed E-state index contributed by atoms with van der Waals surface area (Å²) in [6, 6.07) is 21.5. The Balaban J connectivity index is 1.29. The number of rotatable bonds is 10. The number of carbonyl (C=O) groups excluding carboxylic acids is 3. The Labute approximate surface area is 263 Å². The SMILES string of the molecule is CC(C)(C)OC(=O)CCc1cc(F)cc(NC(=O)C(c2ccc(CN3N=C(c4ccccc4)OCC3=O)cc2)C2CCCC2)c1. The first-order valence-electron chi connectivity index (χ1n) is 15.5. The molecule has 3 aromatic rings. The molecule has 236 valence electrons. The standard InChI is InChI=1S/C36H40FN3O5/c1-36(2,3)45-32(42)18-15-25-19-29(37)21-30(20-25)38-34(43)33(26-9-7-8-10-26)27-16-13-24(14-17-27)22-40-31(41)23-44-35(39-40)28-11-5-4-6-12-28/h4-6,11-14,16-17,19-21,26,33H,7-10,15,18,22-23H2,1-3H3,(H,38,43). The van der Waals surface area contributed by atoms with E-state index in [1.54, 1.807) is 26.8 Å². The van der Waals surface area contributed by atoms with Crippen LogP contribution in [0.1, 0.15) is 81.0 Å². The van der Waals surface area contributed by atoms with Crippen LogP contribution in [0.5, 0.6) is 0 Å². The van der Waals surface area contributed by atoms with E-state index < -0.39 is 17.3 Å². The minimum atomic E-state index is -0.592. The fourth-order valence-corrected chi connectivity index (χ4v) is 5.90. The van der Waals surface area contributed by atoms with E-state index in [2.05, 4.69) is 10.4 Å². The molecule has 0 spiro atoms. The maximum absolute atomic E-state index is 14.6. The third kappa shape index (κ3) is 8.77. The van der Waals surface area contributed by atoms with Gasteiger partial charge >= 0.3 is 5.97 Å². The van der Waals surface area contributed by atoms with Crippen LogP contribution in [0.3, 0.4) is 0 Å². The smallest absolute Gasteiger partial charge is 0.306 e. The first-order chi connectivity index (χ1) is 21.5. The maximum Gasteiger partial charge on any atom is 0.306 e. The van der Waals surface area contributed by atoms with E-state index in [1.165, 1.54) is 17.1 Å². The van der Waals surface area contributed by atoms with Crippen molar-refractivity contribution in [2.45, 2.75) is 77.4 Å². The number of amides is 2. The summed E-state index contributed by atoms with van der Waals surface area (Å²) in [7, 11) is 0. The predicted octanol–water partition coefficient (Wildman–Crippen LogP) is 6.73. The number of anilines is 1. The van der Waals surface area contributed by atoms with Gasteiger partial charge in [-0.2, -0.15) is 0 Å². The summed E-state index contributed by atoms with van der Waals surface area (Å²) >= 11 is 0. The number of aryl methyl sites for hydroxylation is 1. The van der Waals surface area contributed by atoms with Crippen LogP contribution in [-0.4, -0.2) is 40.9 Å². The van der Waals surface area contributed by atoms with Gasteiger partial charge in [0.2, 0.25) is 11.8 Å². The van der Waals surface area contributed by atoms with Crippen molar-refractivity contribution in [1.29, 1.82) is 0 Å². The van der Waals surface area contributed by atoms with Crippen LogP contribution in [0.4, 0.5) is 10.1 Å². The third-order valence-corrected chi connectivity index (χ3v) is 7.94. The highest BCUT2D eigenvalue weighted by Crippen LogP contribution is 2.38. The van der Waals surface area contributed by atoms with Gasteiger partial charge in [0.25, 0.3) is 5.91 Å². The topological polar surface area (TPSA) is 97.3 Å². The number of hydrazone groups is 1. The number of benzene rings is 3. The van der Waals surface area contributed by atoms with Crippen molar-refractivity contribution in [2.24, 2.45) is 11.0 Å². The van der Waals surface area contributed by atoms with Gasteiger partial charge in [0.1, 0.15) is 11.4 Å². The molecule has 0 saturated heterocycles. The molecule has 45 heavy (non-hydrogen) atoms. The molecule has 1 aliphatic heterocycles. The first-order valence-corrected chi connectivity index (χ1v) is 15.5. The molecule has 2 amide bonds. The van der Waals surface area contributed by atoms with Crippen molar-refractivity contribution in [2.75, 3.05) is 11.9 Å². The minimum absolute atomic E-state index is 0.0848. The number of nitrogens with one attached hydrogen (secondary N) is 1. The van der Waals surface area contributed by atoms with Gasteiger partial charge < -0.3 is 14.8 Å². The summed E-state index contributed by atoms with van der Waals surface area (Å²) in [4.78, 5) is 38.5. The van der Waals surface area contributed by atoms with Crippen molar-refractivity contribution >= 4 is 29.4 Å². The van der Waals surface area contributed by atoms with Crippen LogP contribution >= 0.6 is 0 Å². The molecule has 1 aliphatic carbocycles. The summed E-state index contributed by atoms with van der Waals surface area (Å²) in [6.45, 7) is 5.59. The molecule has 0 radical (unpaired) electrons. The normalized spacial score (nSPS) is 16.1. The van der Waals surface area contributed by atoms with Crippen LogP contribution in [0.2, 0.25) is 0 Å². The summed E-state index contributed by atoms with van der Waals surface area (Å²) in [6.07, 6.45) is 4.39. The second-order valence-corrected chi connectivity index (χ2v) is 12.7. The quantitative estimate of drug-likeness (QED) is 0.256. The lowest BCUT2D eigenvalue weighted by Gasteiger charge is -2.25. The molecular formula is C36H40FN3O5. The Bertz CT molecular complexity index is 1540. The van der Waals surface area contributed by atoms with Crippen LogP contribution in [-0.2, 0) is 36.8 Å². The molecule has 5 rings (SSSR count). The number of hydrogen-bond acceptors (Lipinski definition) is 6. The van der Waals surface area contributed by atoms with Gasteiger partial charge in [-0.3, -0.25) is 14.4 Å². The van der Waals surface area contributed by atoms with E-state index >= 15 is 0 Å². The molecule has 1 atom stereocenters. The maximum atomic E-state index is 14.6. The zero-order chi connectivity index (χ0) is 32.0. The van der Waals surface area contributed by atoms with E-state index in [1.807, 2.05) is 54.6 Å². The van der Waals surface area contributed by atoms with Gasteiger partial charge in [0.05, 0.1) is 12.5 Å². The second kappa shape index (κ2) is 14.1. The molecule has 1 fully saturated rings. The van der Waals surface area contributed by atoms with E-state index in [-0.39, 0.29) is 43.3 Å². The zero-order valence-corrected chi connectivity index (χ0v) is 26.1. The molecule has 0 aromatic heterocycles. The van der Waals surface area contributed by atoms with Crippen molar-refractivity contribution < 1.29 is 28.2 Å². The van der Waals surface area contributed by atoms with Crippen molar-refractivity contribution in [1.82, 2.24) is 5.01 Å². The molecule has 0 bridgehead atoms. The monoisotopic (exact) mass is 613 g/mol. The first kappa shape index (κ1) is 31.9. The second-order valence-electron chi connectivity index (χ2n) is 12.7. The molecule has 2 aliphatic rings. The fraction of sp³-hybridized carbons (Fsp3) is 0.389. The van der Waals surface area contributed by atoms with Crippen LogP contribution < -0.4 is 5.32 Å². The molecule has 9 heteroatoms. The van der Waals surface area contributed by atoms with E-state index in [0.29, 0.717) is 23.6 Å². The fourth-order valence-electron chi connectivity index (χ4n) is 5.90. The molecular weight excluding hydrogens is 573 g/mol. The van der Waals surface area contributed by atoms with E-state index in [0.717, 1.165) is 42.4 Å². The molecule has 1 saturated carbocycles. The highest BCUT2D eigenvalue weighted by Gasteiger charge is 2.32. The number of nitrogens with zero attached hydrogens (tertiary/aromatic N) is 2. The van der Waals surface area contributed by atoms with Crippen LogP contribution in [0.25, 0.3) is 0 Å². The summed E-state index contributed by atoms with van der Waals surface area (Å²) < 4.78 is 25.5. The zero-order valence-electron chi connectivity index (χ0n) is 26.1. The number of carbonyl (C=O) groups is 3. The average Bonchev–Trinajstić information content (AvgIpc) is 3.52. The Morgan fingerprint density at radius 1 is 1.02 bits per heavy atom. The van der Waals surface area contributed by atoms with Gasteiger partial charge in [-0.1, -0.05) is 55.3 Å². The lowest BCUT2D eigenvalue weighted by atomic mass is 9.83. The Morgan fingerprint density at radius 2 is 1.73 bits per heavy atom. The predicted molar refractivity (Wildman–Crippen MR) is 170 cm³/mol. The molecule has 1 heterocycles. The largest absolute Gasteiger partial charge is 0.466 e. The highest BCUT2D eigenvalue weighted by atomic mass is 19.1. The van der Waals surface area contributed by atoms with Gasteiger partial charge in [0.15, 0.2) is 6.61 Å². The van der Waals surface area contributed by atoms with Crippen molar-refractivity contribution in [3.8, 4) is 0 Å². The molecule has 1 N–H and O–H groups in total. The van der Waals surface area contributed by atoms with Crippen molar-refractivity contribution in [3.63, 3.8) is 0 Å². The van der Waals surface area contributed by atoms with E-state index in [9.17, 15) is 18.8 Å². The Hall–Kier alpha value is -4.53. The highest BCUT2D eigenvalue weighted by molar-refractivity contribution is 5.98. The lowest BCUT2D eigenvalue weighted by Crippen LogP contribution is -2.36. The van der Waals surface area contributed by atoms with Gasteiger partial charge in [-0.05, 0) is 93.0 Å². The number of ether oxygens (including phenoxy) is 2. The van der Waals surface area contributed by atoms with Crippen molar-refractivity contribution in [3.05, 3.63) is 101 Å². The van der Waals surface area contributed by atoms with Crippen LogP contribution in [0.15, 0.2) is 77.9 Å². The molecule has 3 aromatic carbocycles.